The van der Waals surface area contributed by atoms with Crippen LogP contribution in [0.1, 0.15) is 63.0 Å². The summed E-state index contributed by atoms with van der Waals surface area (Å²) >= 11 is 3.75. The minimum Gasteiger partial charge on any atom is -0.299 e. The zero-order valence-electron chi connectivity index (χ0n) is 17.6. The van der Waals surface area contributed by atoms with Gasteiger partial charge < -0.3 is 0 Å². The van der Waals surface area contributed by atoms with Gasteiger partial charge in [-0.1, -0.05) is 84.2 Å². The molecule has 0 spiro atoms. The van der Waals surface area contributed by atoms with Crippen LogP contribution in [0.2, 0.25) is 0 Å². The second-order valence-electron chi connectivity index (χ2n) is 8.41. The van der Waals surface area contributed by atoms with E-state index in [1.807, 2.05) is 6.07 Å². The van der Waals surface area contributed by atoms with E-state index in [2.05, 4.69) is 82.4 Å². The molecule has 3 heteroatoms. The van der Waals surface area contributed by atoms with Crippen LogP contribution >= 0.6 is 15.9 Å². The van der Waals surface area contributed by atoms with E-state index < -0.39 is 0 Å². The highest BCUT2D eigenvalue weighted by Crippen LogP contribution is 2.47. The Morgan fingerprint density at radius 3 is 2.38 bits per heavy atom. The lowest BCUT2D eigenvalue weighted by Crippen LogP contribution is -2.34. The molecule has 3 rings (SSSR count). The molecule has 1 saturated carbocycles. The number of benzene rings is 2. The van der Waals surface area contributed by atoms with Gasteiger partial charge in [-0.2, -0.15) is 5.26 Å². The summed E-state index contributed by atoms with van der Waals surface area (Å²) in [6.45, 7) is 5.39. The third kappa shape index (κ3) is 5.50. The number of rotatable bonds is 10. The maximum absolute atomic E-state index is 10.4. The number of nitriles is 1. The molecule has 154 valence electrons. The first-order valence-corrected chi connectivity index (χ1v) is 11.9. The highest BCUT2D eigenvalue weighted by molar-refractivity contribution is 9.10. The van der Waals surface area contributed by atoms with Crippen LogP contribution < -0.4 is 0 Å². The second-order valence-corrected chi connectivity index (χ2v) is 9.26. The van der Waals surface area contributed by atoms with Crippen LogP contribution in [-0.4, -0.2) is 18.0 Å². The van der Waals surface area contributed by atoms with E-state index in [1.54, 1.807) is 0 Å². The highest BCUT2D eigenvalue weighted by atomic mass is 79.9. The first-order chi connectivity index (χ1) is 14.2. The summed E-state index contributed by atoms with van der Waals surface area (Å²) in [7, 11) is 0. The lowest BCUT2D eigenvalue weighted by Gasteiger charge is -2.35. The van der Waals surface area contributed by atoms with Gasteiger partial charge in [0.25, 0.3) is 0 Å². The Balaban J connectivity index is 1.74. The van der Waals surface area contributed by atoms with Gasteiger partial charge >= 0.3 is 0 Å². The fourth-order valence-electron chi connectivity index (χ4n) is 5.02. The molecule has 0 heterocycles. The maximum Gasteiger partial charge on any atom is 0.0861 e. The van der Waals surface area contributed by atoms with Gasteiger partial charge in [0.05, 0.1) is 11.5 Å². The topological polar surface area (TPSA) is 27.0 Å². The molecule has 2 nitrogen and oxygen atoms in total. The number of halogens is 1. The van der Waals surface area contributed by atoms with Gasteiger partial charge in [0, 0.05) is 11.0 Å². The summed E-state index contributed by atoms with van der Waals surface area (Å²) in [5.74, 6) is 0.472. The van der Waals surface area contributed by atoms with Gasteiger partial charge in [0.15, 0.2) is 0 Å². The molecular formula is C26H33BrN2. The molecule has 1 atom stereocenters. The van der Waals surface area contributed by atoms with Crippen LogP contribution in [0.3, 0.4) is 0 Å². The van der Waals surface area contributed by atoms with Crippen molar-refractivity contribution in [1.29, 1.82) is 5.26 Å². The number of nitrogens with zero attached hydrogens (tertiary/aromatic N) is 2. The molecule has 1 aliphatic carbocycles. The van der Waals surface area contributed by atoms with Crippen LogP contribution in [-0.2, 0) is 12.0 Å². The van der Waals surface area contributed by atoms with Crippen molar-refractivity contribution in [3.63, 3.8) is 0 Å². The first kappa shape index (κ1) is 22.1. The van der Waals surface area contributed by atoms with Crippen molar-refractivity contribution < 1.29 is 0 Å². The van der Waals surface area contributed by atoms with E-state index in [0.29, 0.717) is 5.92 Å². The average molecular weight is 453 g/mol. The predicted octanol–water partition coefficient (Wildman–Crippen LogP) is 7.09. The Morgan fingerprint density at radius 1 is 1.03 bits per heavy atom. The summed E-state index contributed by atoms with van der Waals surface area (Å²) in [5, 5.41) is 10.4. The van der Waals surface area contributed by atoms with Gasteiger partial charge in [-0.05, 0) is 68.3 Å². The van der Waals surface area contributed by atoms with Gasteiger partial charge in [-0.15, -0.1) is 0 Å². The molecule has 0 saturated heterocycles. The molecule has 29 heavy (non-hydrogen) atoms. The van der Waals surface area contributed by atoms with Crippen LogP contribution in [0.4, 0.5) is 0 Å². The van der Waals surface area contributed by atoms with Crippen LogP contribution in [0.5, 0.6) is 0 Å². The standard InChI is InChI=1S/C26H33BrN2/c1-2-18-29(20-22-11-4-3-5-12-22)19-10-17-26(21-28,23-13-6-7-14-23)24-15-8-9-16-25(24)27/h3-5,8-9,11-12,15-16,23H,2,6-7,10,13-14,17-20H2,1H3. The van der Waals surface area contributed by atoms with Crippen molar-refractivity contribution in [3.8, 4) is 6.07 Å². The summed E-state index contributed by atoms with van der Waals surface area (Å²) in [6, 6.07) is 21.9. The quantitative estimate of drug-likeness (QED) is 0.384. The molecule has 2 aromatic carbocycles. The molecule has 0 aliphatic heterocycles. The zero-order chi connectivity index (χ0) is 20.5. The molecule has 1 unspecified atom stereocenters. The third-order valence-corrected chi connectivity index (χ3v) is 7.13. The van der Waals surface area contributed by atoms with E-state index in [9.17, 15) is 5.26 Å². The van der Waals surface area contributed by atoms with E-state index in [4.69, 9.17) is 0 Å². The Morgan fingerprint density at radius 2 is 1.72 bits per heavy atom. The van der Waals surface area contributed by atoms with Gasteiger partial charge in [0.1, 0.15) is 0 Å². The van der Waals surface area contributed by atoms with Crippen LogP contribution in [0.25, 0.3) is 0 Å². The van der Waals surface area contributed by atoms with E-state index >= 15 is 0 Å². The second kappa shape index (κ2) is 11.0. The van der Waals surface area contributed by atoms with E-state index in [1.165, 1.54) is 36.8 Å². The van der Waals surface area contributed by atoms with Crippen molar-refractivity contribution in [3.05, 3.63) is 70.2 Å². The maximum atomic E-state index is 10.4. The fourth-order valence-corrected chi connectivity index (χ4v) is 5.66. The van der Waals surface area contributed by atoms with E-state index in [0.717, 1.165) is 43.4 Å². The molecule has 1 fully saturated rings. The van der Waals surface area contributed by atoms with Gasteiger partial charge in [-0.25, -0.2) is 0 Å². The van der Waals surface area contributed by atoms with Crippen LogP contribution in [0, 0.1) is 17.2 Å². The van der Waals surface area contributed by atoms with Crippen molar-refractivity contribution in [1.82, 2.24) is 4.90 Å². The van der Waals surface area contributed by atoms with Gasteiger partial charge in [0.2, 0.25) is 0 Å². The highest BCUT2D eigenvalue weighted by Gasteiger charge is 2.42. The lowest BCUT2D eigenvalue weighted by atomic mass is 9.67. The molecular weight excluding hydrogens is 420 g/mol. The van der Waals surface area contributed by atoms with Crippen molar-refractivity contribution in [2.45, 2.75) is 63.8 Å². The monoisotopic (exact) mass is 452 g/mol. The summed E-state index contributed by atoms with van der Waals surface area (Å²) < 4.78 is 1.09. The van der Waals surface area contributed by atoms with Crippen molar-refractivity contribution >= 4 is 15.9 Å². The SMILES string of the molecule is CCCN(CCCC(C#N)(c1ccccc1Br)C1CCCC1)Cc1ccccc1. The van der Waals surface area contributed by atoms with Crippen LogP contribution in [0.15, 0.2) is 59.1 Å². The lowest BCUT2D eigenvalue weighted by molar-refractivity contribution is 0.238. The van der Waals surface area contributed by atoms with Crippen molar-refractivity contribution in [2.75, 3.05) is 13.1 Å². The Labute approximate surface area is 185 Å². The molecule has 2 aromatic rings. The van der Waals surface area contributed by atoms with E-state index in [-0.39, 0.29) is 5.41 Å². The first-order valence-electron chi connectivity index (χ1n) is 11.1. The minimum absolute atomic E-state index is 0.374. The minimum atomic E-state index is -0.374. The smallest absolute Gasteiger partial charge is 0.0861 e. The summed E-state index contributed by atoms with van der Waals surface area (Å²) in [4.78, 5) is 2.55. The fraction of sp³-hybridized carbons (Fsp3) is 0.500. The Bertz CT molecular complexity index is 792. The number of hydrogen-bond acceptors (Lipinski definition) is 2. The van der Waals surface area contributed by atoms with Crippen molar-refractivity contribution in [2.24, 2.45) is 5.92 Å². The molecule has 0 radical (unpaired) electrons. The predicted molar refractivity (Wildman–Crippen MR) is 125 cm³/mol. The molecule has 1 aliphatic rings. The Kier molecular flexibility index (Phi) is 8.33. The molecule has 0 amide bonds. The normalized spacial score (nSPS) is 16.6. The number of hydrogen-bond donors (Lipinski definition) is 0. The summed E-state index contributed by atoms with van der Waals surface area (Å²) in [5.41, 5.74) is 2.19. The molecule has 0 aromatic heterocycles. The average Bonchev–Trinajstić information content (AvgIpc) is 3.28. The zero-order valence-corrected chi connectivity index (χ0v) is 19.2. The molecule has 0 bridgehead atoms. The summed E-state index contributed by atoms with van der Waals surface area (Å²) in [6.07, 6.45) is 8.02. The Hall–Kier alpha value is -1.63. The van der Waals surface area contributed by atoms with Gasteiger partial charge in [-0.3, -0.25) is 4.90 Å². The largest absolute Gasteiger partial charge is 0.299 e. The molecule has 0 N–H and O–H groups in total. The third-order valence-electron chi connectivity index (χ3n) is 6.44.